The fourth-order valence-electron chi connectivity index (χ4n) is 1.67. The summed E-state index contributed by atoms with van der Waals surface area (Å²) in [6.45, 7) is 6.21. The van der Waals surface area contributed by atoms with Gasteiger partial charge in [-0.05, 0) is 39.3 Å². The van der Waals surface area contributed by atoms with Crippen LogP contribution in [0.25, 0.3) is 0 Å². The lowest BCUT2D eigenvalue weighted by Crippen LogP contribution is -2.35. The molecular formula is C15H23NO3. The number of nitrogens with one attached hydrogen (secondary N) is 1. The smallest absolute Gasteiger partial charge is 0.328 e. The van der Waals surface area contributed by atoms with Crippen molar-refractivity contribution in [2.45, 2.75) is 38.8 Å². The van der Waals surface area contributed by atoms with Crippen LogP contribution in [0.2, 0.25) is 0 Å². The second-order valence-electron chi connectivity index (χ2n) is 5.41. The molecule has 2 N–H and O–H groups in total. The number of aliphatic hydroxyl groups is 1. The number of esters is 1. The summed E-state index contributed by atoms with van der Waals surface area (Å²) in [5.41, 5.74) is 0.359. The number of rotatable bonds is 6. The molecule has 0 saturated heterocycles. The van der Waals surface area contributed by atoms with Gasteiger partial charge in [0.05, 0.1) is 0 Å². The quantitative estimate of drug-likeness (QED) is 0.610. The predicted octanol–water partition coefficient (Wildman–Crippen LogP) is 2.04. The molecule has 1 aromatic carbocycles. The summed E-state index contributed by atoms with van der Waals surface area (Å²) >= 11 is 0. The zero-order valence-electron chi connectivity index (χ0n) is 11.8. The average Bonchev–Trinajstić information content (AvgIpc) is 2.33. The first kappa shape index (κ1) is 15.7. The minimum atomic E-state index is -0.511. The van der Waals surface area contributed by atoms with Crippen LogP contribution in [0.15, 0.2) is 30.3 Å². The molecule has 0 spiro atoms. The van der Waals surface area contributed by atoms with Crippen molar-refractivity contribution in [3.8, 4) is 0 Å². The molecule has 0 saturated carbocycles. The van der Waals surface area contributed by atoms with E-state index in [1.807, 2.05) is 51.1 Å². The van der Waals surface area contributed by atoms with Crippen LogP contribution in [0.4, 0.5) is 0 Å². The van der Waals surface area contributed by atoms with E-state index in [1.54, 1.807) is 0 Å². The zero-order valence-corrected chi connectivity index (χ0v) is 11.8. The Bertz CT molecular complexity index is 384. The maximum Gasteiger partial charge on any atom is 0.328 e. The van der Waals surface area contributed by atoms with E-state index >= 15 is 0 Å². The Hall–Kier alpha value is -1.39. The average molecular weight is 265 g/mol. The molecule has 106 valence electrons. The van der Waals surface area contributed by atoms with Gasteiger partial charge in [0, 0.05) is 6.61 Å². The summed E-state index contributed by atoms with van der Waals surface area (Å²) < 4.78 is 5.42. The van der Waals surface area contributed by atoms with Crippen molar-refractivity contribution in [3.63, 3.8) is 0 Å². The molecule has 0 bridgehead atoms. The van der Waals surface area contributed by atoms with Gasteiger partial charge >= 0.3 is 5.97 Å². The summed E-state index contributed by atoms with van der Waals surface area (Å²) in [5.74, 6) is -0.295. The van der Waals surface area contributed by atoms with E-state index in [-0.39, 0.29) is 12.6 Å². The molecule has 0 unspecified atom stereocenters. The molecule has 0 aliphatic heterocycles. The van der Waals surface area contributed by atoms with Crippen LogP contribution in [0.5, 0.6) is 0 Å². The molecule has 0 aliphatic carbocycles. The fourth-order valence-corrected chi connectivity index (χ4v) is 1.67. The zero-order chi connectivity index (χ0) is 14.3. The third-order valence-electron chi connectivity index (χ3n) is 2.46. The Morgan fingerprint density at radius 2 is 1.95 bits per heavy atom. The molecule has 1 aromatic rings. The van der Waals surface area contributed by atoms with Gasteiger partial charge in [-0.15, -0.1) is 0 Å². The lowest BCUT2D eigenvalue weighted by Gasteiger charge is -2.24. The molecule has 1 atom stereocenters. The van der Waals surface area contributed by atoms with Crippen LogP contribution in [-0.2, 0) is 9.53 Å². The van der Waals surface area contributed by atoms with Crippen molar-refractivity contribution in [1.82, 2.24) is 5.32 Å². The third-order valence-corrected chi connectivity index (χ3v) is 2.46. The Kier molecular flexibility index (Phi) is 5.99. The first-order valence-corrected chi connectivity index (χ1v) is 6.56. The molecule has 0 aromatic heterocycles. The monoisotopic (exact) mass is 265 g/mol. The largest absolute Gasteiger partial charge is 0.459 e. The van der Waals surface area contributed by atoms with Gasteiger partial charge in [-0.3, -0.25) is 0 Å². The third kappa shape index (κ3) is 5.85. The highest BCUT2D eigenvalue weighted by molar-refractivity contribution is 5.78. The highest BCUT2D eigenvalue weighted by Crippen LogP contribution is 2.18. The fraction of sp³-hybridized carbons (Fsp3) is 0.533. The van der Waals surface area contributed by atoms with E-state index in [9.17, 15) is 4.79 Å². The normalized spacial score (nSPS) is 13.1. The molecule has 4 heteroatoms. The number of ether oxygens (including phenoxy) is 1. The standard InChI is InChI=1S/C15H23NO3/c1-15(2,3)19-14(18)13(16-10-7-11-17)12-8-5-4-6-9-12/h4-6,8-9,13,16-17H,7,10-11H2,1-3H3/t13-/m1/s1. The van der Waals surface area contributed by atoms with E-state index in [4.69, 9.17) is 9.84 Å². The Morgan fingerprint density at radius 1 is 1.32 bits per heavy atom. The van der Waals surface area contributed by atoms with Crippen LogP contribution < -0.4 is 5.32 Å². The van der Waals surface area contributed by atoms with Gasteiger partial charge in [-0.1, -0.05) is 30.3 Å². The topological polar surface area (TPSA) is 58.6 Å². The van der Waals surface area contributed by atoms with Crippen LogP contribution in [0, 0.1) is 0 Å². The van der Waals surface area contributed by atoms with Crippen LogP contribution in [0.1, 0.15) is 38.8 Å². The molecule has 0 fully saturated rings. The highest BCUT2D eigenvalue weighted by Gasteiger charge is 2.25. The molecule has 4 nitrogen and oxygen atoms in total. The van der Waals surface area contributed by atoms with Crippen LogP contribution in [0.3, 0.4) is 0 Å². The summed E-state index contributed by atoms with van der Waals surface area (Å²) in [4.78, 5) is 12.2. The van der Waals surface area contributed by atoms with Crippen molar-refractivity contribution in [2.75, 3.05) is 13.2 Å². The minimum absolute atomic E-state index is 0.100. The number of carbonyl (C=O) groups excluding carboxylic acids is 1. The Balaban J connectivity index is 2.77. The van der Waals surface area contributed by atoms with E-state index in [0.717, 1.165) is 5.56 Å². The number of carbonyl (C=O) groups is 1. The number of hydrogen-bond acceptors (Lipinski definition) is 4. The summed E-state index contributed by atoms with van der Waals surface area (Å²) in [5, 5.41) is 11.9. The molecule has 0 aliphatic rings. The van der Waals surface area contributed by atoms with Gasteiger partial charge in [0.15, 0.2) is 0 Å². The first-order chi connectivity index (χ1) is 8.94. The maximum atomic E-state index is 12.2. The van der Waals surface area contributed by atoms with Gasteiger partial charge in [0.2, 0.25) is 0 Å². The lowest BCUT2D eigenvalue weighted by molar-refractivity contribution is -0.157. The highest BCUT2D eigenvalue weighted by atomic mass is 16.6. The minimum Gasteiger partial charge on any atom is -0.459 e. The van der Waals surface area contributed by atoms with Crippen molar-refractivity contribution < 1.29 is 14.6 Å². The second-order valence-corrected chi connectivity index (χ2v) is 5.41. The number of aliphatic hydroxyl groups excluding tert-OH is 1. The molecule has 0 radical (unpaired) electrons. The van der Waals surface area contributed by atoms with Crippen molar-refractivity contribution in [3.05, 3.63) is 35.9 Å². The van der Waals surface area contributed by atoms with E-state index < -0.39 is 11.6 Å². The lowest BCUT2D eigenvalue weighted by atomic mass is 10.1. The van der Waals surface area contributed by atoms with E-state index in [2.05, 4.69) is 5.32 Å². The van der Waals surface area contributed by atoms with Crippen molar-refractivity contribution >= 4 is 5.97 Å². The summed E-state index contributed by atoms with van der Waals surface area (Å²) in [6, 6.07) is 8.97. The molecule has 1 rings (SSSR count). The Morgan fingerprint density at radius 3 is 2.47 bits per heavy atom. The van der Waals surface area contributed by atoms with E-state index in [1.165, 1.54) is 0 Å². The number of hydrogen-bond donors (Lipinski definition) is 2. The van der Waals surface area contributed by atoms with Gasteiger partial charge in [0.25, 0.3) is 0 Å². The maximum absolute atomic E-state index is 12.2. The first-order valence-electron chi connectivity index (χ1n) is 6.56. The molecule has 0 heterocycles. The van der Waals surface area contributed by atoms with Gasteiger partial charge in [-0.25, -0.2) is 4.79 Å². The Labute approximate surface area is 114 Å². The van der Waals surface area contributed by atoms with Gasteiger partial charge in [-0.2, -0.15) is 0 Å². The SMILES string of the molecule is CC(C)(C)OC(=O)[C@H](NCCCO)c1ccccc1. The predicted molar refractivity (Wildman–Crippen MR) is 74.7 cm³/mol. The molecule has 0 amide bonds. The van der Waals surface area contributed by atoms with E-state index in [0.29, 0.717) is 13.0 Å². The van der Waals surface area contributed by atoms with Gasteiger partial charge < -0.3 is 15.2 Å². The summed E-state index contributed by atoms with van der Waals surface area (Å²) in [7, 11) is 0. The summed E-state index contributed by atoms with van der Waals surface area (Å²) in [6.07, 6.45) is 0.603. The molecule has 19 heavy (non-hydrogen) atoms. The molecular weight excluding hydrogens is 242 g/mol. The van der Waals surface area contributed by atoms with Crippen molar-refractivity contribution in [2.24, 2.45) is 0 Å². The van der Waals surface area contributed by atoms with Crippen molar-refractivity contribution in [1.29, 1.82) is 0 Å². The van der Waals surface area contributed by atoms with Crippen LogP contribution >= 0.6 is 0 Å². The van der Waals surface area contributed by atoms with Crippen LogP contribution in [-0.4, -0.2) is 29.8 Å². The number of benzene rings is 1. The second kappa shape index (κ2) is 7.26. The van der Waals surface area contributed by atoms with Gasteiger partial charge in [0.1, 0.15) is 11.6 Å².